The zero-order valence-corrected chi connectivity index (χ0v) is 19.0. The zero-order valence-electron chi connectivity index (χ0n) is 16.6. The average molecular weight is 546 g/mol. The van der Waals surface area contributed by atoms with Gasteiger partial charge in [-0.05, 0) is 36.8 Å². The van der Waals surface area contributed by atoms with Crippen molar-refractivity contribution in [3.8, 4) is 11.6 Å². The monoisotopic (exact) mass is 546 g/mol. The first-order valence-electron chi connectivity index (χ1n) is 9.25. The number of alkyl halides is 3. The summed E-state index contributed by atoms with van der Waals surface area (Å²) in [6.45, 7) is 2.97. The molecule has 2 heterocycles. The maximum absolute atomic E-state index is 12.6. The largest absolute Gasteiger partial charge is 0.573 e. The summed E-state index contributed by atoms with van der Waals surface area (Å²) in [6.07, 6.45) is 0.386. The van der Waals surface area contributed by atoms with Gasteiger partial charge in [0.05, 0.1) is 6.54 Å². The molecule has 0 fully saturated rings. The molecule has 0 aliphatic rings. The van der Waals surface area contributed by atoms with Crippen molar-refractivity contribution >= 4 is 29.9 Å². The Morgan fingerprint density at radius 3 is 2.65 bits per heavy atom. The fourth-order valence-electron chi connectivity index (χ4n) is 2.65. The molecule has 2 N–H and O–H groups in total. The summed E-state index contributed by atoms with van der Waals surface area (Å²) < 4.78 is 43.5. The van der Waals surface area contributed by atoms with Gasteiger partial charge >= 0.3 is 6.36 Å². The number of aromatic nitrogens is 3. The Balaban J connectivity index is 0.00000341. The van der Waals surface area contributed by atoms with E-state index in [0.29, 0.717) is 30.4 Å². The molecular weight excluding hydrogens is 524 g/mol. The van der Waals surface area contributed by atoms with Crippen LogP contribution in [0.25, 0.3) is 5.82 Å². The number of halogens is 4. The number of benzene rings is 1. The number of pyridine rings is 1. The molecule has 0 saturated heterocycles. The Morgan fingerprint density at radius 1 is 1.13 bits per heavy atom. The van der Waals surface area contributed by atoms with Gasteiger partial charge in [-0.15, -0.1) is 37.1 Å². The molecule has 31 heavy (non-hydrogen) atoms. The zero-order chi connectivity index (χ0) is 21.4. The van der Waals surface area contributed by atoms with Crippen LogP contribution in [0.3, 0.4) is 0 Å². The van der Waals surface area contributed by atoms with E-state index in [1.54, 1.807) is 41.5 Å². The van der Waals surface area contributed by atoms with E-state index in [1.807, 2.05) is 19.1 Å². The van der Waals surface area contributed by atoms with Crippen molar-refractivity contribution in [2.24, 2.45) is 4.99 Å². The number of hydrogen-bond donors (Lipinski definition) is 2. The molecule has 0 radical (unpaired) electrons. The highest BCUT2D eigenvalue weighted by Gasteiger charge is 2.31. The van der Waals surface area contributed by atoms with Crippen LogP contribution < -0.4 is 15.4 Å². The Labute approximate surface area is 194 Å². The standard InChI is InChI=1S/C20H21F3N6O.HI/c1-2-24-19(27-14-16-6-3-4-7-17(16)30-20(21,22)23)26-13-15-8-10-25-18(12-15)29-11-5-9-28-29;/h3-12H,2,13-14H2,1H3,(H2,24,26,27);1H. The lowest BCUT2D eigenvalue weighted by atomic mass is 10.2. The lowest BCUT2D eigenvalue weighted by Crippen LogP contribution is -2.37. The third-order valence-electron chi connectivity index (χ3n) is 3.96. The fraction of sp³-hybridized carbons (Fsp3) is 0.250. The van der Waals surface area contributed by atoms with Crippen molar-refractivity contribution in [1.29, 1.82) is 0 Å². The van der Waals surface area contributed by atoms with Gasteiger partial charge in [0.1, 0.15) is 5.75 Å². The fourth-order valence-corrected chi connectivity index (χ4v) is 2.65. The second-order valence-corrected chi connectivity index (χ2v) is 6.18. The molecule has 0 aliphatic carbocycles. The van der Waals surface area contributed by atoms with Gasteiger partial charge in [0, 0.05) is 37.2 Å². The molecule has 11 heteroatoms. The Hall–Kier alpha value is -2.83. The van der Waals surface area contributed by atoms with Gasteiger partial charge in [0.25, 0.3) is 0 Å². The summed E-state index contributed by atoms with van der Waals surface area (Å²) in [5.74, 6) is 0.895. The highest BCUT2D eigenvalue weighted by atomic mass is 127. The molecule has 166 valence electrons. The summed E-state index contributed by atoms with van der Waals surface area (Å²) in [4.78, 5) is 8.77. The molecule has 3 rings (SSSR count). The van der Waals surface area contributed by atoms with Crippen LogP contribution in [0.15, 0.2) is 66.0 Å². The quantitative estimate of drug-likeness (QED) is 0.266. The van der Waals surface area contributed by atoms with E-state index in [1.165, 1.54) is 12.1 Å². The van der Waals surface area contributed by atoms with Crippen molar-refractivity contribution < 1.29 is 17.9 Å². The minimum Gasteiger partial charge on any atom is -0.405 e. The number of aliphatic imine (C=N–C) groups is 1. The normalized spacial score (nSPS) is 11.5. The molecule has 1 aromatic carbocycles. The first-order valence-corrected chi connectivity index (χ1v) is 9.25. The van der Waals surface area contributed by atoms with E-state index in [2.05, 4.69) is 30.4 Å². The molecule has 0 aliphatic heterocycles. The molecule has 0 bridgehead atoms. The summed E-state index contributed by atoms with van der Waals surface area (Å²) in [5.41, 5.74) is 1.28. The SMILES string of the molecule is CCNC(=NCc1ccnc(-n2cccn2)c1)NCc1ccccc1OC(F)(F)F.I. The molecule has 0 atom stereocenters. The van der Waals surface area contributed by atoms with E-state index in [-0.39, 0.29) is 36.3 Å². The number of guanidine groups is 1. The Kier molecular flexibility index (Phi) is 9.09. The number of rotatable bonds is 7. The topological polar surface area (TPSA) is 76.4 Å². The van der Waals surface area contributed by atoms with Gasteiger partial charge in [0.2, 0.25) is 0 Å². The maximum atomic E-state index is 12.6. The van der Waals surface area contributed by atoms with Crippen LogP contribution in [0, 0.1) is 0 Å². The first-order chi connectivity index (χ1) is 14.4. The second kappa shape index (κ2) is 11.5. The summed E-state index contributed by atoms with van der Waals surface area (Å²) in [6, 6.07) is 11.5. The van der Waals surface area contributed by atoms with Gasteiger partial charge in [-0.3, -0.25) is 0 Å². The minimum absolute atomic E-state index is 0. The third kappa shape index (κ3) is 7.74. The lowest BCUT2D eigenvalue weighted by molar-refractivity contribution is -0.274. The molecule has 0 spiro atoms. The van der Waals surface area contributed by atoms with Crippen LogP contribution >= 0.6 is 24.0 Å². The number of ether oxygens (including phenoxy) is 1. The minimum atomic E-state index is -4.75. The maximum Gasteiger partial charge on any atom is 0.573 e. The molecule has 3 aromatic rings. The van der Waals surface area contributed by atoms with Crippen LogP contribution in [0.5, 0.6) is 5.75 Å². The van der Waals surface area contributed by atoms with Crippen molar-refractivity contribution in [3.05, 3.63) is 72.2 Å². The lowest BCUT2D eigenvalue weighted by Gasteiger charge is -2.15. The first kappa shape index (κ1) is 24.4. The van der Waals surface area contributed by atoms with E-state index in [0.717, 1.165) is 5.56 Å². The number of para-hydroxylation sites is 1. The van der Waals surface area contributed by atoms with Crippen LogP contribution in [-0.2, 0) is 13.1 Å². The number of nitrogens with zero attached hydrogens (tertiary/aromatic N) is 4. The predicted molar refractivity (Wildman–Crippen MR) is 122 cm³/mol. The second-order valence-electron chi connectivity index (χ2n) is 6.18. The van der Waals surface area contributed by atoms with Crippen LogP contribution in [0.4, 0.5) is 13.2 Å². The van der Waals surface area contributed by atoms with Crippen molar-refractivity contribution in [3.63, 3.8) is 0 Å². The molecule has 2 aromatic heterocycles. The molecule has 0 unspecified atom stereocenters. The van der Waals surface area contributed by atoms with E-state index in [4.69, 9.17) is 0 Å². The van der Waals surface area contributed by atoms with Crippen molar-refractivity contribution in [1.82, 2.24) is 25.4 Å². The molecule has 0 amide bonds. The average Bonchev–Trinajstić information content (AvgIpc) is 3.25. The summed E-state index contributed by atoms with van der Waals surface area (Å²) in [7, 11) is 0. The number of hydrogen-bond acceptors (Lipinski definition) is 4. The van der Waals surface area contributed by atoms with E-state index in [9.17, 15) is 13.2 Å². The third-order valence-corrected chi connectivity index (χ3v) is 3.96. The van der Waals surface area contributed by atoms with E-state index >= 15 is 0 Å². The van der Waals surface area contributed by atoms with E-state index < -0.39 is 6.36 Å². The highest BCUT2D eigenvalue weighted by Crippen LogP contribution is 2.26. The van der Waals surface area contributed by atoms with Gasteiger partial charge < -0.3 is 15.4 Å². The summed E-state index contributed by atoms with van der Waals surface area (Å²) >= 11 is 0. The smallest absolute Gasteiger partial charge is 0.405 e. The van der Waals surface area contributed by atoms with Crippen LogP contribution in [0.2, 0.25) is 0 Å². The molecule has 0 saturated carbocycles. The van der Waals surface area contributed by atoms with Crippen molar-refractivity contribution in [2.75, 3.05) is 6.54 Å². The molecular formula is C20H22F3IN6O. The molecule has 7 nitrogen and oxygen atoms in total. The van der Waals surface area contributed by atoms with Gasteiger partial charge in [-0.2, -0.15) is 5.10 Å². The predicted octanol–water partition coefficient (Wildman–Crippen LogP) is 4.04. The highest BCUT2D eigenvalue weighted by molar-refractivity contribution is 14.0. The van der Waals surface area contributed by atoms with Gasteiger partial charge in [-0.1, -0.05) is 18.2 Å². The van der Waals surface area contributed by atoms with Crippen LogP contribution in [0.1, 0.15) is 18.1 Å². The number of nitrogens with one attached hydrogen (secondary N) is 2. The summed E-state index contributed by atoms with van der Waals surface area (Å²) in [5, 5.41) is 10.3. The Bertz CT molecular complexity index is 979. The van der Waals surface area contributed by atoms with Crippen molar-refractivity contribution in [2.45, 2.75) is 26.4 Å². The van der Waals surface area contributed by atoms with Gasteiger partial charge in [0.15, 0.2) is 11.8 Å². The van der Waals surface area contributed by atoms with Gasteiger partial charge in [-0.25, -0.2) is 14.7 Å². The van der Waals surface area contributed by atoms with Crippen LogP contribution in [-0.4, -0.2) is 33.6 Å². The Morgan fingerprint density at radius 2 is 1.94 bits per heavy atom.